The van der Waals surface area contributed by atoms with Gasteiger partial charge in [-0.1, -0.05) is 0 Å². The molecule has 0 atom stereocenters. The Balaban J connectivity index is 3.52. The van der Waals surface area contributed by atoms with Gasteiger partial charge in [-0.25, -0.2) is 13.6 Å². The van der Waals surface area contributed by atoms with Crippen LogP contribution < -0.4 is 5.14 Å². The highest BCUT2D eigenvalue weighted by Gasteiger charge is 2.22. The second kappa shape index (κ2) is 3.83. The van der Waals surface area contributed by atoms with Gasteiger partial charge in [-0.2, -0.15) is 4.39 Å². The number of hydrogen-bond acceptors (Lipinski definition) is 4. The third-order valence-electron chi connectivity index (χ3n) is 1.50. The Kier molecular flexibility index (Phi) is 3.07. The van der Waals surface area contributed by atoms with Gasteiger partial charge in [0.1, 0.15) is 0 Å². The summed E-state index contributed by atoms with van der Waals surface area (Å²) >= 11 is 2.69. The second-order valence-corrected chi connectivity index (χ2v) is 4.95. The van der Waals surface area contributed by atoms with E-state index >= 15 is 0 Å². The zero-order valence-corrected chi connectivity index (χ0v) is 9.38. The van der Waals surface area contributed by atoms with Crippen molar-refractivity contribution >= 4 is 31.6 Å². The molecule has 0 aromatic heterocycles. The van der Waals surface area contributed by atoms with Crippen molar-refractivity contribution in [2.45, 2.75) is 4.90 Å². The molecule has 0 fully saturated rings. The summed E-state index contributed by atoms with van der Waals surface area (Å²) in [5.74, 6) is -1.27. The number of benzene rings is 1. The molecular formula is C6H4BrFN2O4S. The Morgan fingerprint density at radius 3 is 2.33 bits per heavy atom. The average Bonchev–Trinajstić information content (AvgIpc) is 1.99. The van der Waals surface area contributed by atoms with Crippen LogP contribution in [0.2, 0.25) is 0 Å². The SMILES string of the molecule is NS(=O)(=O)c1cc(F)c([N+](=O)[O-])c(Br)c1. The first-order valence-corrected chi connectivity index (χ1v) is 5.73. The number of hydrogen-bond donors (Lipinski definition) is 1. The van der Waals surface area contributed by atoms with Crippen LogP contribution in [-0.4, -0.2) is 13.3 Å². The predicted octanol–water partition coefficient (Wildman–Crippen LogP) is 1.14. The topological polar surface area (TPSA) is 103 Å². The second-order valence-electron chi connectivity index (χ2n) is 2.54. The molecule has 1 rings (SSSR count). The summed E-state index contributed by atoms with van der Waals surface area (Å²) in [5, 5.41) is 15.1. The van der Waals surface area contributed by atoms with Gasteiger partial charge in [0.25, 0.3) is 0 Å². The zero-order valence-electron chi connectivity index (χ0n) is 6.98. The molecule has 0 aliphatic heterocycles. The van der Waals surface area contributed by atoms with Crippen LogP contribution in [0, 0.1) is 15.9 Å². The quantitative estimate of drug-likeness (QED) is 0.653. The summed E-state index contributed by atoms with van der Waals surface area (Å²) in [6, 6.07) is 1.37. The van der Waals surface area contributed by atoms with Crippen LogP contribution >= 0.6 is 15.9 Å². The number of halogens is 2. The van der Waals surface area contributed by atoms with Gasteiger partial charge < -0.3 is 0 Å². The fourth-order valence-electron chi connectivity index (χ4n) is 0.881. The van der Waals surface area contributed by atoms with Crippen molar-refractivity contribution in [2.24, 2.45) is 5.14 Å². The molecule has 0 heterocycles. The van der Waals surface area contributed by atoms with Crippen LogP contribution in [0.15, 0.2) is 21.5 Å². The van der Waals surface area contributed by atoms with Crippen molar-refractivity contribution in [3.8, 4) is 0 Å². The Hall–Kier alpha value is -1.06. The van der Waals surface area contributed by atoms with Gasteiger partial charge in [-0.15, -0.1) is 0 Å². The van der Waals surface area contributed by atoms with Crippen molar-refractivity contribution in [3.63, 3.8) is 0 Å². The van der Waals surface area contributed by atoms with Crippen molar-refractivity contribution in [1.29, 1.82) is 0 Å². The molecule has 82 valence electrons. The Labute approximate surface area is 92.2 Å². The normalized spacial score (nSPS) is 11.4. The number of nitro groups is 1. The maximum absolute atomic E-state index is 13.1. The zero-order chi connectivity index (χ0) is 11.8. The molecule has 1 aromatic rings. The summed E-state index contributed by atoms with van der Waals surface area (Å²) in [6.07, 6.45) is 0. The van der Waals surface area contributed by atoms with E-state index in [0.29, 0.717) is 6.07 Å². The molecule has 0 bridgehead atoms. The fourth-order valence-corrected chi connectivity index (χ4v) is 2.16. The van der Waals surface area contributed by atoms with Gasteiger partial charge >= 0.3 is 5.69 Å². The molecule has 0 saturated heterocycles. The lowest BCUT2D eigenvalue weighted by atomic mass is 10.3. The fraction of sp³-hybridized carbons (Fsp3) is 0. The number of primary sulfonamides is 1. The molecular weight excluding hydrogens is 295 g/mol. The molecule has 15 heavy (non-hydrogen) atoms. The summed E-state index contributed by atoms with van der Waals surface area (Å²) in [5.41, 5.74) is -0.831. The molecule has 2 N–H and O–H groups in total. The van der Waals surface area contributed by atoms with Gasteiger partial charge in [0, 0.05) is 6.07 Å². The Bertz CT molecular complexity index is 507. The minimum atomic E-state index is -4.08. The van der Waals surface area contributed by atoms with Crippen molar-refractivity contribution < 1.29 is 17.7 Å². The first-order valence-electron chi connectivity index (χ1n) is 3.39. The van der Waals surface area contributed by atoms with Crippen LogP contribution in [0.5, 0.6) is 0 Å². The van der Waals surface area contributed by atoms with E-state index in [0.717, 1.165) is 6.07 Å². The first kappa shape index (κ1) is 12.0. The standard InChI is InChI=1S/C6H4BrFN2O4S/c7-4-1-3(15(9,13)14)2-5(8)6(4)10(11)12/h1-2H,(H2,9,13,14). The van der Waals surface area contributed by atoms with E-state index in [-0.39, 0.29) is 4.47 Å². The van der Waals surface area contributed by atoms with E-state index in [1.54, 1.807) is 0 Å². The lowest BCUT2D eigenvalue weighted by Crippen LogP contribution is -2.13. The smallest absolute Gasteiger partial charge is 0.258 e. The number of sulfonamides is 1. The van der Waals surface area contributed by atoms with E-state index in [9.17, 15) is 22.9 Å². The highest BCUT2D eigenvalue weighted by Crippen LogP contribution is 2.30. The molecule has 0 aliphatic carbocycles. The molecule has 0 radical (unpaired) electrons. The summed E-state index contributed by atoms with van der Waals surface area (Å²) in [6.45, 7) is 0. The number of nitro benzene ring substituents is 1. The molecule has 0 aliphatic rings. The lowest BCUT2D eigenvalue weighted by Gasteiger charge is -2.01. The van der Waals surface area contributed by atoms with Crippen LogP contribution in [0.1, 0.15) is 0 Å². The minimum Gasteiger partial charge on any atom is -0.258 e. The highest BCUT2D eigenvalue weighted by atomic mass is 79.9. The van der Waals surface area contributed by atoms with Crippen LogP contribution in [-0.2, 0) is 10.0 Å². The van der Waals surface area contributed by atoms with E-state index in [4.69, 9.17) is 5.14 Å². The van der Waals surface area contributed by atoms with Gasteiger partial charge in [0.05, 0.1) is 14.3 Å². The highest BCUT2D eigenvalue weighted by molar-refractivity contribution is 9.10. The van der Waals surface area contributed by atoms with E-state index < -0.39 is 31.3 Å². The van der Waals surface area contributed by atoms with Gasteiger partial charge in [-0.3, -0.25) is 10.1 Å². The molecule has 6 nitrogen and oxygen atoms in total. The monoisotopic (exact) mass is 298 g/mol. The molecule has 0 amide bonds. The van der Waals surface area contributed by atoms with E-state index in [2.05, 4.69) is 15.9 Å². The largest absolute Gasteiger partial charge is 0.318 e. The lowest BCUT2D eigenvalue weighted by molar-refractivity contribution is -0.388. The number of rotatable bonds is 2. The summed E-state index contributed by atoms with van der Waals surface area (Å²) < 4.78 is 34.5. The van der Waals surface area contributed by atoms with Gasteiger partial charge in [0.2, 0.25) is 15.8 Å². The van der Waals surface area contributed by atoms with Crippen LogP contribution in [0.25, 0.3) is 0 Å². The predicted molar refractivity (Wildman–Crippen MR) is 52.1 cm³/mol. The van der Waals surface area contributed by atoms with Crippen molar-refractivity contribution in [3.05, 3.63) is 32.5 Å². The molecule has 0 spiro atoms. The third kappa shape index (κ3) is 2.49. The van der Waals surface area contributed by atoms with Gasteiger partial charge in [0.15, 0.2) is 0 Å². The van der Waals surface area contributed by atoms with E-state index in [1.807, 2.05) is 0 Å². The van der Waals surface area contributed by atoms with Crippen LogP contribution in [0.4, 0.5) is 10.1 Å². The molecule has 1 aromatic carbocycles. The summed E-state index contributed by atoms with van der Waals surface area (Å²) in [7, 11) is -4.08. The molecule has 9 heteroatoms. The third-order valence-corrected chi connectivity index (χ3v) is 3.00. The van der Waals surface area contributed by atoms with Crippen molar-refractivity contribution in [2.75, 3.05) is 0 Å². The first-order chi connectivity index (χ1) is 6.73. The average molecular weight is 299 g/mol. The molecule has 0 saturated carbocycles. The molecule has 0 unspecified atom stereocenters. The van der Waals surface area contributed by atoms with Crippen molar-refractivity contribution in [1.82, 2.24) is 0 Å². The van der Waals surface area contributed by atoms with Gasteiger partial charge in [-0.05, 0) is 22.0 Å². The Morgan fingerprint density at radius 1 is 1.47 bits per heavy atom. The van der Waals surface area contributed by atoms with E-state index in [1.165, 1.54) is 0 Å². The number of nitrogens with zero attached hydrogens (tertiary/aromatic N) is 1. The summed E-state index contributed by atoms with van der Waals surface area (Å²) in [4.78, 5) is 8.86. The Morgan fingerprint density at radius 2 is 2.00 bits per heavy atom. The minimum absolute atomic E-state index is 0.281. The van der Waals surface area contributed by atoms with Crippen LogP contribution in [0.3, 0.4) is 0 Å². The maximum Gasteiger partial charge on any atom is 0.318 e. The maximum atomic E-state index is 13.1. The number of nitrogens with two attached hydrogens (primary N) is 1.